The van der Waals surface area contributed by atoms with Gasteiger partial charge in [0.15, 0.2) is 0 Å². The number of fused-ring (bicyclic) bond motifs is 2. The van der Waals surface area contributed by atoms with E-state index in [9.17, 15) is 5.11 Å². The van der Waals surface area contributed by atoms with Crippen LogP contribution in [0.25, 0.3) is 33.1 Å². The Balaban J connectivity index is 1.54. The first-order valence-corrected chi connectivity index (χ1v) is 9.75. The fraction of sp³-hybridized carbons (Fsp3) is 0.174. The van der Waals surface area contributed by atoms with Gasteiger partial charge in [-0.15, -0.1) is 0 Å². The maximum atomic E-state index is 9.87. The average Bonchev–Trinajstić information content (AvgIpc) is 3.38. The minimum atomic E-state index is -0.272. The van der Waals surface area contributed by atoms with Crippen LogP contribution in [0.3, 0.4) is 0 Å². The second-order valence-electron chi connectivity index (χ2n) is 7.31. The third-order valence-corrected chi connectivity index (χ3v) is 5.32. The molecule has 0 fully saturated rings. The maximum absolute atomic E-state index is 9.87. The van der Waals surface area contributed by atoms with E-state index in [1.807, 2.05) is 62.6 Å². The van der Waals surface area contributed by atoms with Crippen LogP contribution in [-0.4, -0.2) is 30.1 Å². The molecule has 0 aliphatic carbocycles. The molecular formula is C23H21N5O2. The van der Waals surface area contributed by atoms with Crippen molar-refractivity contribution >= 4 is 21.8 Å². The highest BCUT2D eigenvalue weighted by atomic mass is 16.5. The van der Waals surface area contributed by atoms with E-state index in [0.717, 1.165) is 49.9 Å². The summed E-state index contributed by atoms with van der Waals surface area (Å²) >= 11 is 0. The van der Waals surface area contributed by atoms with Crippen LogP contribution >= 0.6 is 0 Å². The van der Waals surface area contributed by atoms with Crippen LogP contribution in [0.2, 0.25) is 0 Å². The van der Waals surface area contributed by atoms with Gasteiger partial charge in [0, 0.05) is 41.3 Å². The lowest BCUT2D eigenvalue weighted by molar-refractivity contribution is 0.221. The van der Waals surface area contributed by atoms with Crippen LogP contribution in [0.5, 0.6) is 5.75 Å². The van der Waals surface area contributed by atoms with Gasteiger partial charge >= 0.3 is 0 Å². The van der Waals surface area contributed by atoms with Crippen molar-refractivity contribution in [3.8, 4) is 17.0 Å². The first kappa shape index (κ1) is 18.3. The van der Waals surface area contributed by atoms with E-state index in [1.165, 1.54) is 0 Å². The fourth-order valence-corrected chi connectivity index (χ4v) is 3.93. The van der Waals surface area contributed by atoms with Crippen molar-refractivity contribution < 1.29 is 9.84 Å². The average molecular weight is 399 g/mol. The molecule has 0 amide bonds. The molecule has 0 aliphatic rings. The Morgan fingerprint density at radius 2 is 2.07 bits per heavy atom. The molecule has 0 radical (unpaired) electrons. The summed E-state index contributed by atoms with van der Waals surface area (Å²) in [4.78, 5) is 4.43. The van der Waals surface area contributed by atoms with Crippen molar-refractivity contribution in [2.24, 2.45) is 7.05 Å². The number of rotatable bonds is 5. The Morgan fingerprint density at radius 3 is 2.87 bits per heavy atom. The predicted octanol–water partition coefficient (Wildman–Crippen LogP) is 4.14. The van der Waals surface area contributed by atoms with E-state index >= 15 is 0 Å². The van der Waals surface area contributed by atoms with Gasteiger partial charge in [-0.1, -0.05) is 12.1 Å². The van der Waals surface area contributed by atoms with E-state index < -0.39 is 0 Å². The number of aromatic amines is 1. The van der Waals surface area contributed by atoms with Gasteiger partial charge in [-0.25, -0.2) is 0 Å². The number of pyridine rings is 1. The molecule has 2 N–H and O–H groups in total. The summed E-state index contributed by atoms with van der Waals surface area (Å²) in [6.07, 6.45) is 5.22. The van der Waals surface area contributed by atoms with Gasteiger partial charge in [-0.05, 0) is 42.8 Å². The van der Waals surface area contributed by atoms with Crippen LogP contribution < -0.4 is 4.74 Å². The van der Waals surface area contributed by atoms with Crippen molar-refractivity contribution in [2.45, 2.75) is 19.6 Å². The number of aryl methyl sites for hydroxylation is 1. The SMILES string of the molecule is CC(Oc1ccc2[nH]nc(-c3cnn(C)c3)c2c1)c1c(CO)ccc2ncccc12. The van der Waals surface area contributed by atoms with E-state index in [-0.39, 0.29) is 12.7 Å². The quantitative estimate of drug-likeness (QED) is 0.464. The van der Waals surface area contributed by atoms with Gasteiger partial charge in [0.25, 0.3) is 0 Å². The number of aliphatic hydroxyl groups is 1. The zero-order valence-electron chi connectivity index (χ0n) is 16.7. The largest absolute Gasteiger partial charge is 0.486 e. The summed E-state index contributed by atoms with van der Waals surface area (Å²) in [6.45, 7) is 1.93. The number of aliphatic hydroxyl groups excluding tert-OH is 1. The number of H-pyrrole nitrogens is 1. The molecule has 7 nitrogen and oxygen atoms in total. The molecule has 5 aromatic rings. The molecule has 2 aromatic carbocycles. The minimum absolute atomic E-state index is 0.0558. The topological polar surface area (TPSA) is 88.8 Å². The number of hydrogen-bond donors (Lipinski definition) is 2. The summed E-state index contributed by atoms with van der Waals surface area (Å²) in [5.74, 6) is 0.728. The number of ether oxygens (including phenoxy) is 1. The summed E-state index contributed by atoms with van der Waals surface area (Å²) in [5, 5.41) is 23.6. The summed E-state index contributed by atoms with van der Waals surface area (Å²) in [7, 11) is 1.88. The van der Waals surface area contributed by atoms with Crippen molar-refractivity contribution in [3.05, 3.63) is 72.2 Å². The minimum Gasteiger partial charge on any atom is -0.486 e. The number of nitrogens with one attached hydrogen (secondary N) is 1. The maximum Gasteiger partial charge on any atom is 0.122 e. The number of aromatic nitrogens is 5. The van der Waals surface area contributed by atoms with Gasteiger partial charge in [-0.3, -0.25) is 14.8 Å². The van der Waals surface area contributed by atoms with Gasteiger partial charge in [-0.2, -0.15) is 10.2 Å². The molecule has 1 atom stereocenters. The molecule has 3 aromatic heterocycles. The van der Waals surface area contributed by atoms with E-state index in [2.05, 4.69) is 20.3 Å². The van der Waals surface area contributed by atoms with Crippen LogP contribution in [0.15, 0.2) is 61.1 Å². The van der Waals surface area contributed by atoms with E-state index in [1.54, 1.807) is 17.1 Å². The zero-order chi connectivity index (χ0) is 20.7. The molecule has 0 saturated heterocycles. The molecule has 7 heteroatoms. The van der Waals surface area contributed by atoms with E-state index in [0.29, 0.717) is 0 Å². The van der Waals surface area contributed by atoms with Gasteiger partial charge in [0.2, 0.25) is 0 Å². The second kappa shape index (κ2) is 7.27. The van der Waals surface area contributed by atoms with Crippen molar-refractivity contribution in [1.29, 1.82) is 0 Å². The van der Waals surface area contributed by atoms with Crippen molar-refractivity contribution in [3.63, 3.8) is 0 Å². The smallest absolute Gasteiger partial charge is 0.122 e. The lowest BCUT2D eigenvalue weighted by Gasteiger charge is -2.20. The highest BCUT2D eigenvalue weighted by molar-refractivity contribution is 5.93. The molecular weight excluding hydrogens is 378 g/mol. The Labute approximate surface area is 173 Å². The first-order chi connectivity index (χ1) is 14.6. The molecule has 0 saturated carbocycles. The van der Waals surface area contributed by atoms with Crippen LogP contribution in [-0.2, 0) is 13.7 Å². The first-order valence-electron chi connectivity index (χ1n) is 9.75. The Hall–Kier alpha value is -3.71. The third kappa shape index (κ3) is 3.09. The Bertz CT molecular complexity index is 1350. The molecule has 0 aliphatic heterocycles. The highest BCUT2D eigenvalue weighted by Crippen LogP contribution is 2.33. The van der Waals surface area contributed by atoms with Gasteiger partial charge in [0.1, 0.15) is 17.5 Å². The lowest BCUT2D eigenvalue weighted by Crippen LogP contribution is -2.08. The Kier molecular flexibility index (Phi) is 4.44. The standard InChI is InChI=1S/C23H21N5O2/c1-14(22-15(13-29)5-7-20-18(22)4-3-9-24-20)30-17-6-8-21-19(10-17)23(27-26-21)16-11-25-28(2)12-16/h3-12,14,29H,13H2,1-2H3,(H,26,27). The lowest BCUT2D eigenvalue weighted by atomic mass is 9.98. The van der Waals surface area contributed by atoms with Crippen molar-refractivity contribution in [2.75, 3.05) is 0 Å². The molecule has 0 spiro atoms. The molecule has 30 heavy (non-hydrogen) atoms. The fourth-order valence-electron chi connectivity index (χ4n) is 3.93. The van der Waals surface area contributed by atoms with E-state index in [4.69, 9.17) is 4.74 Å². The molecule has 0 bridgehead atoms. The van der Waals surface area contributed by atoms with Gasteiger partial charge in [0.05, 0.1) is 23.8 Å². The second-order valence-corrected chi connectivity index (χ2v) is 7.31. The summed E-state index contributed by atoms with van der Waals surface area (Å²) in [6, 6.07) is 13.6. The number of hydrogen-bond acceptors (Lipinski definition) is 5. The normalized spacial score (nSPS) is 12.5. The monoisotopic (exact) mass is 399 g/mol. The molecule has 5 rings (SSSR count). The zero-order valence-corrected chi connectivity index (χ0v) is 16.7. The predicted molar refractivity (Wildman–Crippen MR) is 115 cm³/mol. The summed E-state index contributed by atoms with van der Waals surface area (Å²) in [5.41, 5.74) is 5.37. The summed E-state index contributed by atoms with van der Waals surface area (Å²) < 4.78 is 8.08. The van der Waals surface area contributed by atoms with Crippen molar-refractivity contribution in [1.82, 2.24) is 25.0 Å². The third-order valence-electron chi connectivity index (χ3n) is 5.32. The molecule has 1 unspecified atom stereocenters. The van der Waals surface area contributed by atoms with Gasteiger partial charge < -0.3 is 9.84 Å². The highest BCUT2D eigenvalue weighted by Gasteiger charge is 2.17. The molecule has 3 heterocycles. The number of benzene rings is 2. The van der Waals surface area contributed by atoms with Crippen LogP contribution in [0.4, 0.5) is 0 Å². The Morgan fingerprint density at radius 1 is 1.17 bits per heavy atom. The van der Waals surface area contributed by atoms with Crippen LogP contribution in [0, 0.1) is 0 Å². The molecule has 150 valence electrons. The number of nitrogens with zero attached hydrogens (tertiary/aromatic N) is 4. The van der Waals surface area contributed by atoms with Crippen LogP contribution in [0.1, 0.15) is 24.2 Å².